The van der Waals surface area contributed by atoms with Crippen molar-refractivity contribution in [2.45, 2.75) is 98.4 Å². The van der Waals surface area contributed by atoms with Gasteiger partial charge in [0.15, 0.2) is 5.78 Å². The quantitative estimate of drug-likeness (QED) is 0.498. The average molecular weight is 490 g/mol. The van der Waals surface area contributed by atoms with Crippen molar-refractivity contribution < 1.29 is 9.59 Å². The third-order valence-corrected chi connectivity index (χ3v) is 12.2. The molecule has 0 aromatic heterocycles. The number of allylic oxidation sites excluding steroid dienone is 2. The van der Waals surface area contributed by atoms with E-state index in [0.29, 0.717) is 24.7 Å². The van der Waals surface area contributed by atoms with E-state index in [1.807, 2.05) is 19.9 Å². The summed E-state index contributed by atoms with van der Waals surface area (Å²) in [6.07, 6.45) is 9.73. The second-order valence-electron chi connectivity index (χ2n) is 14.7. The highest BCUT2D eigenvalue weighted by Gasteiger charge is 2.68. The Morgan fingerprint density at radius 1 is 0.944 bits per heavy atom. The molecule has 194 valence electrons. The minimum atomic E-state index is -0.591. The lowest BCUT2D eigenvalue weighted by molar-refractivity contribution is -0.184. The van der Waals surface area contributed by atoms with Gasteiger partial charge < -0.3 is 0 Å². The standard InChI is InChI=1S/C31H43N3O2/c1-27(2)11-12-31(34-14-13-32)10-7-20-25(21(31)17-27)22(35)15-24-29(20,5)9-8-23-28(3,4)26(36)19(18-33)16-30(23,24)6/h16,20-21,23-25,34H,7-12,14-15,17H2,1-6H3. The zero-order chi connectivity index (χ0) is 26.3. The van der Waals surface area contributed by atoms with Crippen molar-refractivity contribution in [3.63, 3.8) is 0 Å². The fourth-order valence-corrected chi connectivity index (χ4v) is 10.4. The molecule has 0 saturated heterocycles. The summed E-state index contributed by atoms with van der Waals surface area (Å²) in [4.78, 5) is 27.4. The molecule has 5 heteroatoms. The predicted octanol–water partition coefficient (Wildman–Crippen LogP) is 5.76. The molecule has 4 saturated carbocycles. The van der Waals surface area contributed by atoms with Crippen LogP contribution in [0.15, 0.2) is 11.6 Å². The van der Waals surface area contributed by atoms with Gasteiger partial charge in [0.1, 0.15) is 11.9 Å². The monoisotopic (exact) mass is 489 g/mol. The molecule has 1 N–H and O–H groups in total. The van der Waals surface area contributed by atoms with Gasteiger partial charge in [-0.1, -0.05) is 47.6 Å². The van der Waals surface area contributed by atoms with E-state index < -0.39 is 5.41 Å². The number of Topliss-reactive ketones (excluding diaryl/α,β-unsaturated/α-hetero) is 2. The number of carbonyl (C=O) groups excluding carboxylic acids is 2. The van der Waals surface area contributed by atoms with Crippen LogP contribution in [0, 0.1) is 73.9 Å². The SMILES string of the molecule is CC1(C)CCC2(NCC#N)CCC3C(C(=O)CC4C5(C)C=C(C#N)C(=O)C(C)(C)C5CCC34C)C2C1. The lowest BCUT2D eigenvalue weighted by Crippen LogP contribution is -2.68. The summed E-state index contributed by atoms with van der Waals surface area (Å²) in [5.41, 5.74) is -0.555. The van der Waals surface area contributed by atoms with Crippen molar-refractivity contribution in [3.05, 3.63) is 11.6 Å². The molecule has 0 radical (unpaired) electrons. The molecule has 0 spiro atoms. The molecule has 4 fully saturated rings. The van der Waals surface area contributed by atoms with Gasteiger partial charge in [0.2, 0.25) is 0 Å². The fraction of sp³-hybridized carbons (Fsp3) is 0.806. The van der Waals surface area contributed by atoms with Crippen molar-refractivity contribution in [1.82, 2.24) is 5.32 Å². The molecule has 5 aliphatic carbocycles. The van der Waals surface area contributed by atoms with Crippen LogP contribution in [0.4, 0.5) is 0 Å². The molecule has 5 nitrogen and oxygen atoms in total. The molecule has 36 heavy (non-hydrogen) atoms. The number of nitrogens with zero attached hydrogens (tertiary/aromatic N) is 2. The summed E-state index contributed by atoms with van der Waals surface area (Å²) >= 11 is 0. The zero-order valence-electron chi connectivity index (χ0n) is 23.0. The summed E-state index contributed by atoms with van der Waals surface area (Å²) in [7, 11) is 0. The van der Waals surface area contributed by atoms with E-state index >= 15 is 0 Å². The normalized spacial score (nSPS) is 46.7. The van der Waals surface area contributed by atoms with Crippen LogP contribution in [-0.4, -0.2) is 23.7 Å². The third-order valence-electron chi connectivity index (χ3n) is 12.2. The largest absolute Gasteiger partial charge is 0.299 e. The number of nitrogens with one attached hydrogen (secondary N) is 1. The molecule has 0 heterocycles. The van der Waals surface area contributed by atoms with Gasteiger partial charge in [-0.2, -0.15) is 10.5 Å². The average Bonchev–Trinajstić information content (AvgIpc) is 2.81. The summed E-state index contributed by atoms with van der Waals surface area (Å²) in [6, 6.07) is 4.51. The van der Waals surface area contributed by atoms with E-state index in [1.54, 1.807) is 0 Å². The van der Waals surface area contributed by atoms with Crippen molar-refractivity contribution in [3.8, 4) is 12.1 Å². The highest BCUT2D eigenvalue weighted by molar-refractivity contribution is 6.04. The third kappa shape index (κ3) is 3.34. The molecule has 0 aromatic carbocycles. The summed E-state index contributed by atoms with van der Waals surface area (Å²) in [5.74, 6) is 1.25. The van der Waals surface area contributed by atoms with Gasteiger partial charge in [-0.25, -0.2) is 0 Å². The molecule has 0 aliphatic heterocycles. The summed E-state index contributed by atoms with van der Waals surface area (Å²) < 4.78 is 0. The highest BCUT2D eigenvalue weighted by Crippen LogP contribution is 2.70. The minimum Gasteiger partial charge on any atom is -0.299 e. The maximum absolute atomic E-state index is 14.3. The van der Waals surface area contributed by atoms with Crippen LogP contribution in [0.2, 0.25) is 0 Å². The molecule has 0 amide bonds. The molecular formula is C31H43N3O2. The number of nitriles is 2. The van der Waals surface area contributed by atoms with Crippen molar-refractivity contribution in [2.75, 3.05) is 6.54 Å². The lowest BCUT2D eigenvalue weighted by atomic mass is 9.36. The second-order valence-corrected chi connectivity index (χ2v) is 14.7. The van der Waals surface area contributed by atoms with Crippen LogP contribution in [0.5, 0.6) is 0 Å². The van der Waals surface area contributed by atoms with Crippen molar-refractivity contribution in [2.24, 2.45) is 51.2 Å². The Morgan fingerprint density at radius 2 is 1.67 bits per heavy atom. The first kappa shape index (κ1) is 25.7. The van der Waals surface area contributed by atoms with Gasteiger partial charge in [-0.3, -0.25) is 14.9 Å². The van der Waals surface area contributed by atoms with Crippen LogP contribution in [-0.2, 0) is 9.59 Å². The molecule has 0 bridgehead atoms. The van der Waals surface area contributed by atoms with Gasteiger partial charge in [0, 0.05) is 23.3 Å². The van der Waals surface area contributed by atoms with Crippen LogP contribution in [0.25, 0.3) is 0 Å². The molecule has 5 aliphatic rings. The Balaban J connectivity index is 1.57. The Bertz CT molecular complexity index is 1110. The van der Waals surface area contributed by atoms with Crippen LogP contribution >= 0.6 is 0 Å². The molecule has 0 aromatic rings. The second kappa shape index (κ2) is 8.01. The first-order chi connectivity index (χ1) is 16.8. The smallest absolute Gasteiger partial charge is 0.178 e. The maximum atomic E-state index is 14.3. The van der Waals surface area contributed by atoms with Crippen LogP contribution < -0.4 is 5.32 Å². The van der Waals surface area contributed by atoms with Gasteiger partial charge >= 0.3 is 0 Å². The molecular weight excluding hydrogens is 446 g/mol. The first-order valence-electron chi connectivity index (χ1n) is 14.1. The van der Waals surface area contributed by atoms with Gasteiger partial charge in [0.05, 0.1) is 18.2 Å². The van der Waals surface area contributed by atoms with Crippen molar-refractivity contribution in [1.29, 1.82) is 10.5 Å². The first-order valence-corrected chi connectivity index (χ1v) is 14.1. The van der Waals surface area contributed by atoms with E-state index in [4.69, 9.17) is 0 Å². The van der Waals surface area contributed by atoms with E-state index in [1.165, 1.54) is 0 Å². The topological polar surface area (TPSA) is 93.8 Å². The lowest BCUT2D eigenvalue weighted by Gasteiger charge is -2.68. The Labute approximate surface area is 217 Å². The number of rotatable bonds is 2. The van der Waals surface area contributed by atoms with E-state index in [0.717, 1.165) is 44.9 Å². The van der Waals surface area contributed by atoms with E-state index in [9.17, 15) is 20.1 Å². The Hall–Kier alpha value is -1.98. The van der Waals surface area contributed by atoms with E-state index in [2.05, 4.69) is 45.2 Å². The minimum absolute atomic E-state index is 0.000336. The zero-order valence-corrected chi connectivity index (χ0v) is 23.0. The number of carbonyl (C=O) groups is 2. The van der Waals surface area contributed by atoms with Crippen molar-refractivity contribution >= 4 is 11.6 Å². The number of hydrogen-bond acceptors (Lipinski definition) is 5. The number of ketones is 2. The highest BCUT2D eigenvalue weighted by atomic mass is 16.1. The summed E-state index contributed by atoms with van der Waals surface area (Å²) in [6.45, 7) is 13.7. The molecule has 5 rings (SSSR count). The van der Waals surface area contributed by atoms with Crippen LogP contribution in [0.1, 0.15) is 92.9 Å². The van der Waals surface area contributed by atoms with Gasteiger partial charge in [-0.15, -0.1) is 0 Å². The Kier molecular flexibility index (Phi) is 5.71. The van der Waals surface area contributed by atoms with Crippen LogP contribution in [0.3, 0.4) is 0 Å². The van der Waals surface area contributed by atoms with Gasteiger partial charge in [-0.05, 0) is 84.9 Å². The number of hydrogen-bond donors (Lipinski definition) is 1. The molecule has 8 unspecified atom stereocenters. The van der Waals surface area contributed by atoms with Gasteiger partial charge in [0.25, 0.3) is 0 Å². The predicted molar refractivity (Wildman–Crippen MR) is 138 cm³/mol. The maximum Gasteiger partial charge on any atom is 0.178 e. The fourth-order valence-electron chi connectivity index (χ4n) is 10.4. The summed E-state index contributed by atoms with van der Waals surface area (Å²) in [5, 5.41) is 22.9. The molecule has 8 atom stereocenters. The number of fused-ring (bicyclic) bond motifs is 7. The van der Waals surface area contributed by atoms with E-state index in [-0.39, 0.29) is 56.8 Å². The Morgan fingerprint density at radius 3 is 2.33 bits per heavy atom.